The minimum Gasteiger partial charge on any atom is -0.397 e. The summed E-state index contributed by atoms with van der Waals surface area (Å²) in [6, 6.07) is 3.59. The lowest BCUT2D eigenvalue weighted by Crippen LogP contribution is -2.20. The van der Waals surface area contributed by atoms with Gasteiger partial charge in [-0.2, -0.15) is 0 Å². The van der Waals surface area contributed by atoms with Crippen molar-refractivity contribution in [3.05, 3.63) is 24.0 Å². The summed E-state index contributed by atoms with van der Waals surface area (Å²) in [6.07, 6.45) is 2.61. The summed E-state index contributed by atoms with van der Waals surface area (Å²) in [6.45, 7) is 6.48. The van der Waals surface area contributed by atoms with Gasteiger partial charge in [0.25, 0.3) is 0 Å². The highest BCUT2D eigenvalue weighted by Crippen LogP contribution is 2.28. The Hall–Kier alpha value is -1.09. The van der Waals surface area contributed by atoms with Gasteiger partial charge in [0.15, 0.2) is 0 Å². The molecule has 1 heterocycles. The molecule has 14 heavy (non-hydrogen) atoms. The molecule has 0 aromatic carbocycles. The van der Waals surface area contributed by atoms with Crippen molar-refractivity contribution in [2.24, 2.45) is 11.1 Å². The van der Waals surface area contributed by atoms with Gasteiger partial charge in [-0.1, -0.05) is 20.8 Å². The molecule has 0 aliphatic rings. The topological polar surface area (TPSA) is 64.9 Å². The molecule has 3 nitrogen and oxygen atoms in total. The van der Waals surface area contributed by atoms with E-state index in [-0.39, 0.29) is 11.5 Å². The van der Waals surface area contributed by atoms with E-state index in [1.54, 1.807) is 6.20 Å². The SMILES string of the molecule is CC(C)(C)CC(N)c1ncccc1N. The zero-order valence-electron chi connectivity index (χ0n) is 9.12. The monoisotopic (exact) mass is 193 g/mol. The summed E-state index contributed by atoms with van der Waals surface area (Å²) in [7, 11) is 0. The molecule has 0 aliphatic heterocycles. The maximum atomic E-state index is 6.04. The normalized spacial score (nSPS) is 14.0. The number of aromatic nitrogens is 1. The predicted molar refractivity (Wildman–Crippen MR) is 59.6 cm³/mol. The summed E-state index contributed by atoms with van der Waals surface area (Å²) >= 11 is 0. The summed E-state index contributed by atoms with van der Waals surface area (Å²) in [4.78, 5) is 4.21. The minimum atomic E-state index is -0.0730. The van der Waals surface area contributed by atoms with Gasteiger partial charge in [0.05, 0.1) is 11.4 Å². The molecule has 0 saturated heterocycles. The van der Waals surface area contributed by atoms with Crippen LogP contribution in [-0.4, -0.2) is 4.98 Å². The fraction of sp³-hybridized carbons (Fsp3) is 0.545. The molecule has 3 heteroatoms. The molecule has 0 fully saturated rings. The van der Waals surface area contributed by atoms with Crippen LogP contribution in [0.25, 0.3) is 0 Å². The Morgan fingerprint density at radius 1 is 1.43 bits per heavy atom. The molecule has 1 aromatic rings. The van der Waals surface area contributed by atoms with E-state index >= 15 is 0 Å². The standard InChI is InChI=1S/C11H19N3/c1-11(2,3)7-9(13)10-8(12)5-4-6-14-10/h4-6,9H,7,12-13H2,1-3H3. The van der Waals surface area contributed by atoms with Crippen LogP contribution in [-0.2, 0) is 0 Å². The summed E-state index contributed by atoms with van der Waals surface area (Å²) in [5, 5.41) is 0. The van der Waals surface area contributed by atoms with Gasteiger partial charge in [-0.15, -0.1) is 0 Å². The van der Waals surface area contributed by atoms with Crippen LogP contribution in [0.4, 0.5) is 5.69 Å². The van der Waals surface area contributed by atoms with E-state index in [1.807, 2.05) is 12.1 Å². The van der Waals surface area contributed by atoms with Crippen molar-refractivity contribution in [3.63, 3.8) is 0 Å². The third-order valence-electron chi connectivity index (χ3n) is 2.05. The number of anilines is 1. The van der Waals surface area contributed by atoms with Gasteiger partial charge < -0.3 is 11.5 Å². The van der Waals surface area contributed by atoms with Gasteiger partial charge in [-0.05, 0) is 24.0 Å². The molecular formula is C11H19N3. The number of pyridine rings is 1. The maximum absolute atomic E-state index is 6.04. The van der Waals surface area contributed by atoms with Gasteiger partial charge in [0.2, 0.25) is 0 Å². The van der Waals surface area contributed by atoms with Crippen LogP contribution >= 0.6 is 0 Å². The molecule has 0 aliphatic carbocycles. The Balaban J connectivity index is 2.80. The number of nitrogens with zero attached hydrogens (tertiary/aromatic N) is 1. The second-order valence-corrected chi connectivity index (χ2v) is 4.85. The Morgan fingerprint density at radius 3 is 2.57 bits per heavy atom. The van der Waals surface area contributed by atoms with E-state index in [0.717, 1.165) is 12.1 Å². The molecule has 78 valence electrons. The van der Waals surface area contributed by atoms with E-state index in [2.05, 4.69) is 25.8 Å². The van der Waals surface area contributed by atoms with Gasteiger partial charge in [0.1, 0.15) is 0 Å². The predicted octanol–water partition coefficient (Wildman–Crippen LogP) is 2.10. The molecule has 0 spiro atoms. The third-order valence-corrected chi connectivity index (χ3v) is 2.05. The number of nitrogen functional groups attached to an aromatic ring is 1. The second kappa shape index (κ2) is 3.96. The van der Waals surface area contributed by atoms with Gasteiger partial charge >= 0.3 is 0 Å². The average molecular weight is 193 g/mol. The van der Waals surface area contributed by atoms with E-state index in [0.29, 0.717) is 5.69 Å². The van der Waals surface area contributed by atoms with Crippen LogP contribution in [0.3, 0.4) is 0 Å². The van der Waals surface area contributed by atoms with E-state index < -0.39 is 0 Å². The molecule has 1 unspecified atom stereocenters. The molecule has 0 radical (unpaired) electrons. The largest absolute Gasteiger partial charge is 0.397 e. The minimum absolute atomic E-state index is 0.0730. The Labute approximate surface area is 85.5 Å². The number of rotatable bonds is 2. The lowest BCUT2D eigenvalue weighted by molar-refractivity contribution is 0.340. The fourth-order valence-electron chi connectivity index (χ4n) is 1.50. The van der Waals surface area contributed by atoms with E-state index in [4.69, 9.17) is 11.5 Å². The molecule has 0 amide bonds. The quantitative estimate of drug-likeness (QED) is 0.756. The highest BCUT2D eigenvalue weighted by Gasteiger charge is 2.19. The van der Waals surface area contributed by atoms with Crippen molar-refractivity contribution in [1.29, 1.82) is 0 Å². The molecule has 1 atom stereocenters. The maximum Gasteiger partial charge on any atom is 0.0799 e. The molecule has 1 aromatic heterocycles. The van der Waals surface area contributed by atoms with Crippen LogP contribution in [0.15, 0.2) is 18.3 Å². The first kappa shape index (κ1) is 11.0. The smallest absolute Gasteiger partial charge is 0.0799 e. The number of hydrogen-bond donors (Lipinski definition) is 2. The van der Waals surface area contributed by atoms with E-state index in [9.17, 15) is 0 Å². The molecular weight excluding hydrogens is 174 g/mol. The Bertz CT molecular complexity index is 302. The lowest BCUT2D eigenvalue weighted by atomic mass is 9.87. The third kappa shape index (κ3) is 3.00. The molecule has 0 bridgehead atoms. The summed E-state index contributed by atoms with van der Waals surface area (Å²) < 4.78 is 0. The highest BCUT2D eigenvalue weighted by molar-refractivity contribution is 5.43. The van der Waals surface area contributed by atoms with Crippen molar-refractivity contribution in [2.75, 3.05) is 5.73 Å². The summed E-state index contributed by atoms with van der Waals surface area (Å²) in [5.41, 5.74) is 13.5. The first-order valence-electron chi connectivity index (χ1n) is 4.86. The second-order valence-electron chi connectivity index (χ2n) is 4.85. The van der Waals surface area contributed by atoms with Gasteiger partial charge in [-0.3, -0.25) is 4.98 Å². The van der Waals surface area contributed by atoms with Crippen molar-refractivity contribution in [2.45, 2.75) is 33.2 Å². The van der Waals surface area contributed by atoms with Crippen LogP contribution < -0.4 is 11.5 Å². The van der Waals surface area contributed by atoms with E-state index in [1.165, 1.54) is 0 Å². The Morgan fingerprint density at radius 2 is 2.07 bits per heavy atom. The fourth-order valence-corrected chi connectivity index (χ4v) is 1.50. The van der Waals surface area contributed by atoms with Crippen molar-refractivity contribution in [1.82, 2.24) is 4.98 Å². The first-order valence-corrected chi connectivity index (χ1v) is 4.86. The van der Waals surface area contributed by atoms with Gasteiger partial charge in [0, 0.05) is 12.2 Å². The van der Waals surface area contributed by atoms with Crippen molar-refractivity contribution < 1.29 is 0 Å². The number of nitrogens with two attached hydrogens (primary N) is 2. The Kier molecular flexibility index (Phi) is 3.11. The number of hydrogen-bond acceptors (Lipinski definition) is 3. The van der Waals surface area contributed by atoms with Crippen LogP contribution in [0.2, 0.25) is 0 Å². The van der Waals surface area contributed by atoms with Crippen LogP contribution in [0, 0.1) is 5.41 Å². The highest BCUT2D eigenvalue weighted by atomic mass is 14.8. The van der Waals surface area contributed by atoms with Crippen molar-refractivity contribution >= 4 is 5.69 Å². The van der Waals surface area contributed by atoms with Gasteiger partial charge in [-0.25, -0.2) is 0 Å². The zero-order chi connectivity index (χ0) is 10.8. The molecule has 4 N–H and O–H groups in total. The first-order chi connectivity index (χ1) is 6.40. The molecule has 0 saturated carbocycles. The zero-order valence-corrected chi connectivity index (χ0v) is 9.12. The lowest BCUT2D eigenvalue weighted by Gasteiger charge is -2.23. The summed E-state index contributed by atoms with van der Waals surface area (Å²) in [5.74, 6) is 0. The molecule has 1 rings (SSSR count). The van der Waals surface area contributed by atoms with Crippen LogP contribution in [0.1, 0.15) is 38.9 Å². The van der Waals surface area contributed by atoms with Crippen LogP contribution in [0.5, 0.6) is 0 Å². The van der Waals surface area contributed by atoms with Crippen molar-refractivity contribution in [3.8, 4) is 0 Å². The average Bonchev–Trinajstić information content (AvgIpc) is 2.01.